The molecule has 0 fully saturated rings. The van der Waals surface area contributed by atoms with Crippen LogP contribution in [0.15, 0.2) is 74.6 Å². The normalized spacial score (nSPS) is 16.7. The van der Waals surface area contributed by atoms with Crippen molar-refractivity contribution >= 4 is 34.2 Å². The summed E-state index contributed by atoms with van der Waals surface area (Å²) in [5.74, 6) is -3.07. The van der Waals surface area contributed by atoms with Crippen LogP contribution in [0.25, 0.3) is 0 Å². The smallest absolute Gasteiger partial charge is 0.329 e. The number of benzene rings is 2. The molecule has 0 amide bonds. The first-order valence-corrected chi connectivity index (χ1v) is 11.1. The number of carbonyl (C=O) groups excluding carboxylic acids is 2. The zero-order valence-electron chi connectivity index (χ0n) is 18.3. The van der Waals surface area contributed by atoms with Crippen LogP contribution in [0, 0.1) is 5.92 Å². The lowest BCUT2D eigenvalue weighted by atomic mass is 10.0. The summed E-state index contributed by atoms with van der Waals surface area (Å²) in [7, 11) is 0.352. The maximum Gasteiger partial charge on any atom is 0.329 e. The fourth-order valence-electron chi connectivity index (χ4n) is 2.92. The predicted octanol–water partition coefficient (Wildman–Crippen LogP) is 4.00. The van der Waals surface area contributed by atoms with Gasteiger partial charge in [-0.25, -0.2) is 9.83 Å². The van der Waals surface area contributed by atoms with Crippen LogP contribution in [0.5, 0.6) is 0 Å². The molecule has 0 radical (unpaired) electrons. The Hall–Kier alpha value is -3.17. The van der Waals surface area contributed by atoms with E-state index in [1.807, 2.05) is 60.7 Å². The van der Waals surface area contributed by atoms with Gasteiger partial charge in [-0.15, -0.1) is 0 Å². The fraction of sp³-hybridized carbons (Fsp3) is 0.304. The van der Waals surface area contributed by atoms with E-state index in [1.165, 1.54) is 12.7 Å². The topological polar surface area (TPSA) is 98.9 Å². The van der Waals surface area contributed by atoms with Crippen LogP contribution in [-0.4, -0.2) is 36.0 Å². The van der Waals surface area contributed by atoms with Crippen LogP contribution in [0.2, 0.25) is 0 Å². The lowest BCUT2D eigenvalue weighted by Crippen LogP contribution is -2.38. The standard InChI is InChI=1S/C23H25N3O5S/c1-23(2,3)31-22(28)18(20-24-15-32(25-20)26-29-4)21(27)30-19(16-11-7-5-8-12-16)17-13-9-6-10-14-17/h5-15,18-19H,1-4H3. The molecule has 0 N–H and O–H groups in total. The average Bonchev–Trinajstić information content (AvgIpc) is 3.20. The molecule has 168 valence electrons. The molecule has 2 unspecified atom stereocenters. The van der Waals surface area contributed by atoms with Crippen molar-refractivity contribution in [2.45, 2.75) is 32.5 Å². The van der Waals surface area contributed by atoms with Gasteiger partial charge in [0.05, 0.1) is 23.5 Å². The first-order chi connectivity index (χ1) is 15.3. The average molecular weight is 456 g/mol. The van der Waals surface area contributed by atoms with E-state index < -0.39 is 40.4 Å². The molecule has 0 spiro atoms. The number of esters is 2. The Morgan fingerprint density at radius 1 is 0.938 bits per heavy atom. The number of rotatable bonds is 7. The quantitative estimate of drug-likeness (QED) is 0.357. The molecular weight excluding hydrogens is 430 g/mol. The fourth-order valence-corrected chi connectivity index (χ4v) is 3.74. The molecule has 32 heavy (non-hydrogen) atoms. The van der Waals surface area contributed by atoms with E-state index in [4.69, 9.17) is 14.3 Å². The number of hydrogen-bond donors (Lipinski definition) is 0. The monoisotopic (exact) mass is 455 g/mol. The third-order valence-corrected chi connectivity index (χ3v) is 5.16. The second-order valence-electron chi connectivity index (χ2n) is 7.84. The van der Waals surface area contributed by atoms with Crippen molar-refractivity contribution in [1.29, 1.82) is 0 Å². The van der Waals surface area contributed by atoms with Gasteiger partial charge in [-0.1, -0.05) is 65.2 Å². The van der Waals surface area contributed by atoms with Crippen molar-refractivity contribution in [2.75, 3.05) is 7.11 Å². The van der Waals surface area contributed by atoms with Gasteiger partial charge in [0.25, 0.3) is 0 Å². The van der Waals surface area contributed by atoms with E-state index in [2.05, 4.69) is 13.9 Å². The second-order valence-corrected chi connectivity index (χ2v) is 8.97. The molecular formula is C23H25N3O5S. The molecule has 1 aliphatic heterocycles. The zero-order chi connectivity index (χ0) is 23.1. The van der Waals surface area contributed by atoms with Gasteiger partial charge in [0.15, 0.2) is 11.9 Å². The highest BCUT2D eigenvalue weighted by molar-refractivity contribution is 7.99. The maximum absolute atomic E-state index is 13.3. The van der Waals surface area contributed by atoms with Crippen LogP contribution in [0.4, 0.5) is 0 Å². The van der Waals surface area contributed by atoms with Gasteiger partial charge in [-0.05, 0) is 31.9 Å². The second kappa shape index (κ2) is 10.4. The molecule has 2 aromatic rings. The Morgan fingerprint density at radius 2 is 1.50 bits per heavy atom. The van der Waals surface area contributed by atoms with Gasteiger partial charge in [0, 0.05) is 0 Å². The summed E-state index contributed by atoms with van der Waals surface area (Å²) in [5, 5.41) is 0. The summed E-state index contributed by atoms with van der Waals surface area (Å²) in [6, 6.07) is 18.6. The lowest BCUT2D eigenvalue weighted by molar-refractivity contribution is -0.167. The Kier molecular flexibility index (Phi) is 7.66. The number of aliphatic imine (C=N–C) groups is 1. The number of amidine groups is 1. The van der Waals surface area contributed by atoms with E-state index in [1.54, 1.807) is 20.8 Å². The van der Waals surface area contributed by atoms with E-state index >= 15 is 0 Å². The minimum atomic E-state index is -1.45. The third kappa shape index (κ3) is 6.18. The van der Waals surface area contributed by atoms with Crippen LogP contribution in [-0.2, 0) is 34.8 Å². The van der Waals surface area contributed by atoms with E-state index in [0.717, 1.165) is 11.1 Å². The molecule has 1 aliphatic rings. The Balaban J connectivity index is 1.96. The van der Waals surface area contributed by atoms with Gasteiger partial charge < -0.3 is 9.47 Å². The van der Waals surface area contributed by atoms with E-state index in [-0.39, 0.29) is 5.84 Å². The molecule has 0 aliphatic carbocycles. The highest BCUT2D eigenvalue weighted by atomic mass is 32.2. The van der Waals surface area contributed by atoms with Crippen molar-refractivity contribution < 1.29 is 23.9 Å². The molecule has 3 rings (SSSR count). The van der Waals surface area contributed by atoms with Crippen LogP contribution >= 0.6 is 0 Å². The minimum absolute atomic E-state index is 0.0201. The summed E-state index contributed by atoms with van der Waals surface area (Å²) in [5.41, 5.74) is 2.13. The highest BCUT2D eigenvalue weighted by Gasteiger charge is 2.40. The molecule has 8 nitrogen and oxygen atoms in total. The van der Waals surface area contributed by atoms with Crippen molar-refractivity contribution in [3.8, 4) is 0 Å². The summed E-state index contributed by atoms with van der Waals surface area (Å²) in [4.78, 5) is 35.2. The van der Waals surface area contributed by atoms with Gasteiger partial charge in [0.1, 0.15) is 5.60 Å². The largest absolute Gasteiger partial charge is 0.459 e. The molecule has 2 atom stereocenters. The van der Waals surface area contributed by atoms with Crippen molar-refractivity contribution in [2.24, 2.45) is 19.8 Å². The predicted molar refractivity (Wildman–Crippen MR) is 123 cm³/mol. The summed E-state index contributed by atoms with van der Waals surface area (Å²) < 4.78 is 19.4. The van der Waals surface area contributed by atoms with E-state index in [9.17, 15) is 9.59 Å². The number of ether oxygens (including phenoxy) is 2. The van der Waals surface area contributed by atoms with Crippen molar-refractivity contribution in [1.82, 2.24) is 0 Å². The van der Waals surface area contributed by atoms with Gasteiger partial charge in [0.2, 0.25) is 5.92 Å². The molecule has 0 saturated carbocycles. The Morgan fingerprint density at radius 3 is 2.00 bits per heavy atom. The molecule has 0 bridgehead atoms. The van der Waals surface area contributed by atoms with Crippen LogP contribution < -0.4 is 0 Å². The maximum atomic E-state index is 13.3. The summed E-state index contributed by atoms with van der Waals surface area (Å²) in [6.45, 7) is 5.15. The van der Waals surface area contributed by atoms with Crippen molar-refractivity contribution in [3.05, 3.63) is 71.8 Å². The van der Waals surface area contributed by atoms with Gasteiger partial charge >= 0.3 is 11.9 Å². The van der Waals surface area contributed by atoms with Gasteiger partial charge in [-0.3, -0.25) is 9.59 Å². The number of carbonyl (C=O) groups is 2. The highest BCUT2D eigenvalue weighted by Crippen LogP contribution is 2.28. The third-order valence-electron chi connectivity index (χ3n) is 4.19. The number of hydrogen-bond acceptors (Lipinski definition) is 7. The summed E-state index contributed by atoms with van der Waals surface area (Å²) >= 11 is 0. The first-order valence-electron chi connectivity index (χ1n) is 9.92. The molecule has 9 heteroatoms. The zero-order valence-corrected chi connectivity index (χ0v) is 19.1. The van der Waals surface area contributed by atoms with Crippen LogP contribution in [0.1, 0.15) is 38.0 Å². The number of nitrogens with zero attached hydrogens (tertiary/aromatic N) is 3. The Bertz CT molecular complexity index is 1010. The first kappa shape index (κ1) is 23.5. The molecule has 0 saturated heterocycles. The van der Waals surface area contributed by atoms with Gasteiger partial charge in [-0.2, -0.15) is 4.40 Å². The van der Waals surface area contributed by atoms with E-state index in [0.29, 0.717) is 0 Å². The molecule has 1 heterocycles. The minimum Gasteiger partial charge on any atom is -0.459 e. The molecule has 0 aromatic heterocycles. The van der Waals surface area contributed by atoms with Crippen molar-refractivity contribution in [3.63, 3.8) is 0 Å². The van der Waals surface area contributed by atoms with Crippen LogP contribution in [0.3, 0.4) is 0 Å². The lowest BCUT2D eigenvalue weighted by Gasteiger charge is -2.24. The Labute approximate surface area is 189 Å². The SMILES string of the molecule is CON=S1C=NC(C(C(=O)OC(c2ccccc2)c2ccccc2)C(=O)OC(C)(C)C)=N1. The molecule has 2 aromatic carbocycles. The summed E-state index contributed by atoms with van der Waals surface area (Å²) in [6.07, 6.45) is -0.720.